The second-order valence-electron chi connectivity index (χ2n) is 12.3. The lowest BCUT2D eigenvalue weighted by atomic mass is 9.85. The van der Waals surface area contributed by atoms with E-state index in [1.54, 1.807) is 24.3 Å². The number of aryl methyl sites for hydroxylation is 2. The molecule has 1 aromatic heterocycles. The zero-order valence-corrected chi connectivity index (χ0v) is 26.1. The highest BCUT2D eigenvalue weighted by atomic mass is 32.2. The maximum Gasteiger partial charge on any atom is 0.303 e. The van der Waals surface area contributed by atoms with E-state index in [1.165, 1.54) is 12.1 Å². The first kappa shape index (κ1) is 31.0. The molecule has 8 nitrogen and oxygen atoms in total. The molecule has 6 rings (SSSR count). The van der Waals surface area contributed by atoms with E-state index < -0.39 is 16.0 Å². The van der Waals surface area contributed by atoms with Gasteiger partial charge in [-0.3, -0.25) is 9.59 Å². The van der Waals surface area contributed by atoms with Crippen LogP contribution in [-0.4, -0.2) is 47.5 Å². The maximum absolute atomic E-state index is 13.5. The van der Waals surface area contributed by atoms with E-state index in [1.807, 2.05) is 52.9 Å². The molecule has 4 aromatic rings. The summed E-state index contributed by atoms with van der Waals surface area (Å²) in [4.78, 5) is 26.5. The molecular formula is C35H38FN3O5S. The van der Waals surface area contributed by atoms with Gasteiger partial charge in [-0.2, -0.15) is 0 Å². The number of hydrogen-bond acceptors (Lipinski definition) is 4. The lowest BCUT2D eigenvalue weighted by Crippen LogP contribution is -2.42. The van der Waals surface area contributed by atoms with Crippen LogP contribution < -0.4 is 4.72 Å². The van der Waals surface area contributed by atoms with Crippen LogP contribution in [0.15, 0.2) is 77.7 Å². The zero-order valence-electron chi connectivity index (χ0n) is 25.3. The number of carbonyl (C=O) groups excluding carboxylic acids is 1. The number of aromatic nitrogens is 1. The fraction of sp³-hybridized carbons (Fsp3) is 0.371. The van der Waals surface area contributed by atoms with Crippen molar-refractivity contribution < 1.29 is 27.5 Å². The molecule has 1 saturated carbocycles. The van der Waals surface area contributed by atoms with Crippen LogP contribution in [0.2, 0.25) is 0 Å². The molecule has 236 valence electrons. The molecule has 3 aromatic carbocycles. The summed E-state index contributed by atoms with van der Waals surface area (Å²) in [5, 5.41) is 9.86. The Morgan fingerprint density at radius 1 is 0.933 bits per heavy atom. The van der Waals surface area contributed by atoms with Crippen molar-refractivity contribution in [1.82, 2.24) is 14.2 Å². The number of sulfonamides is 1. The summed E-state index contributed by atoms with van der Waals surface area (Å²) >= 11 is 0. The summed E-state index contributed by atoms with van der Waals surface area (Å²) in [7, 11) is -1.88. The van der Waals surface area contributed by atoms with Gasteiger partial charge in [-0.25, -0.2) is 17.5 Å². The lowest BCUT2D eigenvalue weighted by molar-refractivity contribution is -0.138. The van der Waals surface area contributed by atoms with Gasteiger partial charge in [-0.1, -0.05) is 42.5 Å². The van der Waals surface area contributed by atoms with Crippen LogP contribution in [0.5, 0.6) is 0 Å². The Bertz CT molecular complexity index is 1810. The van der Waals surface area contributed by atoms with E-state index in [0.717, 1.165) is 46.1 Å². The molecule has 1 atom stereocenters. The number of carbonyl (C=O) groups is 2. The van der Waals surface area contributed by atoms with E-state index in [9.17, 15) is 22.4 Å². The van der Waals surface area contributed by atoms with Crippen molar-refractivity contribution in [1.29, 1.82) is 0 Å². The summed E-state index contributed by atoms with van der Waals surface area (Å²) in [6.45, 7) is 0.689. The monoisotopic (exact) mass is 631 g/mol. The SMILES string of the molecule is Cn1c(-c2ccc(CCC(=O)O)cc2)cc2ccc(S(=O)(=O)NC3CCC(C(=O)N4CCCC4c4ccc(F)cc4)CC3)cc21. The van der Waals surface area contributed by atoms with Crippen molar-refractivity contribution >= 4 is 32.8 Å². The van der Waals surface area contributed by atoms with Gasteiger partial charge in [0.15, 0.2) is 0 Å². The summed E-state index contributed by atoms with van der Waals surface area (Å²) in [5.41, 5.74) is 4.58. The Morgan fingerprint density at radius 3 is 2.33 bits per heavy atom. The Morgan fingerprint density at radius 2 is 1.64 bits per heavy atom. The third-order valence-electron chi connectivity index (χ3n) is 9.39. The number of fused-ring (bicyclic) bond motifs is 1. The van der Waals surface area contributed by atoms with Crippen LogP contribution in [0.4, 0.5) is 4.39 Å². The van der Waals surface area contributed by atoms with Crippen LogP contribution in [0.25, 0.3) is 22.2 Å². The molecule has 2 N–H and O–H groups in total. The number of halogens is 1. The van der Waals surface area contributed by atoms with E-state index in [-0.39, 0.29) is 41.0 Å². The predicted molar refractivity (Wildman–Crippen MR) is 170 cm³/mol. The van der Waals surface area contributed by atoms with Crippen molar-refractivity contribution in [3.8, 4) is 11.3 Å². The molecule has 10 heteroatoms. The maximum atomic E-state index is 13.5. The minimum absolute atomic E-state index is 0.0366. The van der Waals surface area contributed by atoms with Gasteiger partial charge in [0.1, 0.15) is 5.82 Å². The largest absolute Gasteiger partial charge is 0.481 e. The van der Waals surface area contributed by atoms with Gasteiger partial charge >= 0.3 is 5.97 Å². The number of nitrogens with one attached hydrogen (secondary N) is 1. The molecule has 2 heterocycles. The molecular weight excluding hydrogens is 593 g/mol. The number of aliphatic carboxylic acids is 1. The first-order valence-corrected chi connectivity index (χ1v) is 17.1. The topological polar surface area (TPSA) is 109 Å². The zero-order chi connectivity index (χ0) is 31.7. The van der Waals surface area contributed by atoms with E-state index >= 15 is 0 Å². The molecule has 1 aliphatic heterocycles. The highest BCUT2D eigenvalue weighted by Crippen LogP contribution is 2.36. The quantitative estimate of drug-likeness (QED) is 0.229. The predicted octanol–water partition coefficient (Wildman–Crippen LogP) is 6.20. The van der Waals surface area contributed by atoms with Crippen LogP contribution in [-0.2, 0) is 33.1 Å². The fourth-order valence-corrected chi connectivity index (χ4v) is 8.21. The van der Waals surface area contributed by atoms with Crippen LogP contribution in [0.3, 0.4) is 0 Å². The fourth-order valence-electron chi connectivity index (χ4n) is 6.89. The number of rotatable bonds is 9. The van der Waals surface area contributed by atoms with Crippen molar-refractivity contribution in [3.63, 3.8) is 0 Å². The first-order valence-electron chi connectivity index (χ1n) is 15.6. The van der Waals surface area contributed by atoms with Crippen molar-refractivity contribution in [2.45, 2.75) is 68.3 Å². The number of hydrogen-bond donors (Lipinski definition) is 2. The van der Waals surface area contributed by atoms with Gasteiger partial charge in [0.25, 0.3) is 0 Å². The van der Waals surface area contributed by atoms with Gasteiger partial charge in [-0.05, 0) is 92.0 Å². The molecule has 0 radical (unpaired) electrons. The number of carboxylic acid groups (broad SMARTS) is 1. The van der Waals surface area contributed by atoms with Gasteiger partial charge in [0.05, 0.1) is 10.9 Å². The van der Waals surface area contributed by atoms with Crippen LogP contribution >= 0.6 is 0 Å². The smallest absolute Gasteiger partial charge is 0.303 e. The summed E-state index contributed by atoms with van der Waals surface area (Å²) in [6, 6.07) is 21.0. The Balaban J connectivity index is 1.09. The molecule has 2 fully saturated rings. The summed E-state index contributed by atoms with van der Waals surface area (Å²) in [5.74, 6) is -1.15. The molecule has 1 amide bonds. The minimum atomic E-state index is -3.78. The second kappa shape index (κ2) is 12.8. The van der Waals surface area contributed by atoms with E-state index in [4.69, 9.17) is 5.11 Å². The lowest BCUT2D eigenvalue weighted by Gasteiger charge is -2.33. The van der Waals surface area contributed by atoms with Crippen molar-refractivity contribution in [2.24, 2.45) is 13.0 Å². The second-order valence-corrected chi connectivity index (χ2v) is 14.0. The summed E-state index contributed by atoms with van der Waals surface area (Å²) in [6.07, 6.45) is 4.73. The van der Waals surface area contributed by atoms with Crippen molar-refractivity contribution in [2.75, 3.05) is 6.54 Å². The third-order valence-corrected chi connectivity index (χ3v) is 10.9. The third kappa shape index (κ3) is 6.67. The molecule has 0 bridgehead atoms. The van der Waals surface area contributed by atoms with Crippen LogP contribution in [0, 0.1) is 11.7 Å². The molecule has 1 saturated heterocycles. The number of likely N-dealkylation sites (tertiary alicyclic amines) is 1. The Labute approximate surface area is 262 Å². The first-order chi connectivity index (χ1) is 21.6. The van der Waals surface area contributed by atoms with Gasteiger partial charge < -0.3 is 14.6 Å². The Kier molecular flexibility index (Phi) is 8.79. The van der Waals surface area contributed by atoms with E-state index in [0.29, 0.717) is 38.6 Å². The number of nitrogens with zero attached hydrogens (tertiary/aromatic N) is 2. The standard InChI is InChI=1S/C35H38FN3O5S/c1-38-32(25-7-4-23(5-8-25)6-19-34(40)41)21-27-13-18-30(22-33(27)38)45(43,44)37-29-16-11-26(12-17-29)35(42)39-20-2-3-31(39)24-9-14-28(36)15-10-24/h4-5,7-10,13-15,18,21-22,26,29,31,37H,2-3,6,11-12,16-17,19-20H2,1H3,(H,40,41). The highest BCUT2D eigenvalue weighted by Gasteiger charge is 2.36. The molecule has 2 aliphatic rings. The molecule has 45 heavy (non-hydrogen) atoms. The number of carboxylic acids is 1. The molecule has 1 unspecified atom stereocenters. The average Bonchev–Trinajstić information content (AvgIpc) is 3.65. The minimum Gasteiger partial charge on any atom is -0.481 e. The van der Waals surface area contributed by atoms with Gasteiger partial charge in [-0.15, -0.1) is 0 Å². The summed E-state index contributed by atoms with van der Waals surface area (Å²) < 4.78 is 45.2. The van der Waals surface area contributed by atoms with Gasteiger partial charge in [0.2, 0.25) is 15.9 Å². The average molecular weight is 632 g/mol. The van der Waals surface area contributed by atoms with Crippen LogP contribution in [0.1, 0.15) is 62.1 Å². The Hall–Kier alpha value is -4.02. The van der Waals surface area contributed by atoms with E-state index in [2.05, 4.69) is 4.72 Å². The molecule has 1 aliphatic carbocycles. The highest BCUT2D eigenvalue weighted by molar-refractivity contribution is 7.89. The van der Waals surface area contributed by atoms with Gasteiger partial charge in [0, 0.05) is 48.6 Å². The number of benzene rings is 3. The normalized spacial score (nSPS) is 20.5. The van der Waals surface area contributed by atoms with Crippen molar-refractivity contribution in [3.05, 3.63) is 89.7 Å². The molecule has 0 spiro atoms. The number of amides is 1.